The van der Waals surface area contributed by atoms with E-state index < -0.39 is 18.5 Å². The van der Waals surface area contributed by atoms with Crippen molar-refractivity contribution in [2.45, 2.75) is 13.0 Å². The molecule has 1 heterocycles. The molecule has 0 radical (unpaired) electrons. The van der Waals surface area contributed by atoms with Gasteiger partial charge in [-0.05, 0) is 12.1 Å². The summed E-state index contributed by atoms with van der Waals surface area (Å²) >= 11 is 6.00. The highest BCUT2D eigenvalue weighted by atomic mass is 32.2. The quantitative estimate of drug-likeness (QED) is 0.569. The number of thiocarbonyl (C=S) groups is 1. The molecule has 0 atom stereocenters. The summed E-state index contributed by atoms with van der Waals surface area (Å²) in [6.07, 6.45) is 1.04. The average Bonchev–Trinajstić information content (AvgIpc) is 2.73. The summed E-state index contributed by atoms with van der Waals surface area (Å²) in [4.78, 5) is 24.0. The number of carbonyl (C=O) groups is 2. The number of halogens is 2. The Morgan fingerprint density at radius 1 is 1.43 bits per heavy atom. The molecule has 1 aliphatic heterocycles. The summed E-state index contributed by atoms with van der Waals surface area (Å²) in [5.74, 6) is -1.84. The van der Waals surface area contributed by atoms with Crippen LogP contribution < -0.4 is 9.84 Å². The van der Waals surface area contributed by atoms with Crippen molar-refractivity contribution in [3.8, 4) is 5.75 Å². The van der Waals surface area contributed by atoms with Crippen LogP contribution >= 0.6 is 24.0 Å². The van der Waals surface area contributed by atoms with Crippen LogP contribution in [0.15, 0.2) is 29.2 Å². The van der Waals surface area contributed by atoms with Crippen molar-refractivity contribution >= 4 is 46.3 Å². The van der Waals surface area contributed by atoms with Crippen LogP contribution in [0, 0.1) is 0 Å². The van der Waals surface area contributed by atoms with Gasteiger partial charge in [-0.2, -0.15) is 8.78 Å². The maximum Gasteiger partial charge on any atom is 0.387 e. The first-order valence-corrected chi connectivity index (χ1v) is 7.60. The average molecular weight is 358 g/mol. The molecule has 1 saturated heterocycles. The third kappa shape index (κ3) is 4.49. The summed E-state index contributed by atoms with van der Waals surface area (Å²) in [7, 11) is 0. The largest absolute Gasteiger partial charge is 0.550 e. The lowest BCUT2D eigenvalue weighted by atomic mass is 10.2. The van der Waals surface area contributed by atoms with E-state index in [0.717, 1.165) is 16.7 Å². The van der Waals surface area contributed by atoms with Crippen molar-refractivity contribution in [2.75, 3.05) is 6.54 Å². The Kier molecular flexibility index (Phi) is 5.67. The van der Waals surface area contributed by atoms with E-state index in [1.165, 1.54) is 24.3 Å². The van der Waals surface area contributed by atoms with Crippen LogP contribution in [-0.2, 0) is 9.59 Å². The van der Waals surface area contributed by atoms with Crippen molar-refractivity contribution in [1.82, 2.24) is 4.90 Å². The van der Waals surface area contributed by atoms with E-state index in [2.05, 4.69) is 4.74 Å². The van der Waals surface area contributed by atoms with Gasteiger partial charge in [0.15, 0.2) is 0 Å². The standard InChI is InChI=1S/C14H11F2NO4S2/c15-13(16)21-9-4-2-1-3-8(9)7-10-12(20)17(14(22)23-10)6-5-11(18)19/h1-4,7,13H,5-6H2,(H,18,19)/p-1/b10-7+. The van der Waals surface area contributed by atoms with E-state index in [1.54, 1.807) is 6.07 Å². The fourth-order valence-corrected chi connectivity index (χ4v) is 3.14. The number of amides is 1. The minimum Gasteiger partial charge on any atom is -0.550 e. The van der Waals surface area contributed by atoms with E-state index in [-0.39, 0.29) is 27.9 Å². The van der Waals surface area contributed by atoms with E-state index in [9.17, 15) is 23.5 Å². The minimum absolute atomic E-state index is 0.0671. The fraction of sp³-hybridized carbons (Fsp3) is 0.214. The highest BCUT2D eigenvalue weighted by Crippen LogP contribution is 2.34. The topological polar surface area (TPSA) is 69.7 Å². The molecular formula is C14H10F2NO4S2-. The number of nitrogens with zero attached hydrogens (tertiary/aromatic N) is 1. The number of benzene rings is 1. The Morgan fingerprint density at radius 2 is 2.13 bits per heavy atom. The first-order chi connectivity index (χ1) is 10.9. The maximum absolute atomic E-state index is 12.4. The van der Waals surface area contributed by atoms with Gasteiger partial charge in [-0.25, -0.2) is 0 Å². The van der Waals surface area contributed by atoms with Crippen LogP contribution in [0.3, 0.4) is 0 Å². The van der Waals surface area contributed by atoms with E-state index in [1.807, 2.05) is 0 Å². The number of hydrogen-bond acceptors (Lipinski definition) is 6. The van der Waals surface area contributed by atoms with Crippen LogP contribution in [0.1, 0.15) is 12.0 Å². The molecule has 0 spiro atoms. The van der Waals surface area contributed by atoms with Gasteiger partial charge in [0.25, 0.3) is 5.91 Å². The minimum atomic E-state index is -2.98. The molecule has 9 heteroatoms. The fourth-order valence-electron chi connectivity index (χ4n) is 1.84. The number of hydrogen-bond donors (Lipinski definition) is 0. The van der Waals surface area contributed by atoms with Gasteiger partial charge < -0.3 is 14.6 Å². The molecule has 0 aliphatic carbocycles. The SMILES string of the molecule is O=C([O-])CCN1C(=O)/C(=C\c2ccccc2OC(F)F)SC1=S. The van der Waals surface area contributed by atoms with Crippen molar-refractivity contribution in [2.24, 2.45) is 0 Å². The smallest absolute Gasteiger partial charge is 0.387 e. The second-order valence-electron chi connectivity index (χ2n) is 4.37. The molecule has 122 valence electrons. The highest BCUT2D eigenvalue weighted by Gasteiger charge is 2.31. The summed E-state index contributed by atoms with van der Waals surface area (Å²) < 4.78 is 29.4. The highest BCUT2D eigenvalue weighted by molar-refractivity contribution is 8.26. The zero-order valence-corrected chi connectivity index (χ0v) is 13.2. The van der Waals surface area contributed by atoms with Crippen LogP contribution in [0.5, 0.6) is 5.75 Å². The molecule has 2 rings (SSSR count). The molecule has 1 aromatic carbocycles. The Labute approximate surface area is 139 Å². The van der Waals surface area contributed by atoms with Crippen LogP contribution in [0.4, 0.5) is 8.78 Å². The van der Waals surface area contributed by atoms with Crippen molar-refractivity contribution in [3.63, 3.8) is 0 Å². The number of thioether (sulfide) groups is 1. The number of rotatable bonds is 6. The van der Waals surface area contributed by atoms with Gasteiger partial charge in [0, 0.05) is 24.5 Å². The number of carboxylic acids is 1. The lowest BCUT2D eigenvalue weighted by molar-refractivity contribution is -0.305. The van der Waals surface area contributed by atoms with Crippen LogP contribution in [0.25, 0.3) is 6.08 Å². The molecular weight excluding hydrogens is 348 g/mol. The zero-order valence-electron chi connectivity index (χ0n) is 11.5. The second kappa shape index (κ2) is 7.51. The van der Waals surface area contributed by atoms with E-state index >= 15 is 0 Å². The second-order valence-corrected chi connectivity index (χ2v) is 6.05. The number of para-hydroxylation sites is 1. The van der Waals surface area contributed by atoms with Gasteiger partial charge in [0.2, 0.25) is 0 Å². The molecule has 1 aliphatic rings. The van der Waals surface area contributed by atoms with Gasteiger partial charge in [-0.3, -0.25) is 9.69 Å². The number of aliphatic carboxylic acids is 1. The van der Waals surface area contributed by atoms with Crippen LogP contribution in [-0.4, -0.2) is 34.3 Å². The van der Waals surface area contributed by atoms with E-state index in [4.69, 9.17) is 12.2 Å². The molecule has 1 amide bonds. The number of alkyl halides is 2. The monoisotopic (exact) mass is 358 g/mol. The predicted molar refractivity (Wildman–Crippen MR) is 82.6 cm³/mol. The molecule has 0 bridgehead atoms. The summed E-state index contributed by atoms with van der Waals surface area (Å²) in [6.45, 7) is -3.08. The van der Waals surface area contributed by atoms with E-state index in [0.29, 0.717) is 5.56 Å². The Morgan fingerprint density at radius 3 is 2.78 bits per heavy atom. The van der Waals surface area contributed by atoms with Crippen molar-refractivity contribution < 1.29 is 28.2 Å². The number of carboxylic acid groups (broad SMARTS) is 1. The first kappa shape index (κ1) is 17.4. The van der Waals surface area contributed by atoms with Crippen LogP contribution in [0.2, 0.25) is 0 Å². The normalized spacial score (nSPS) is 16.5. The maximum atomic E-state index is 12.4. The van der Waals surface area contributed by atoms with Gasteiger partial charge >= 0.3 is 6.61 Å². The first-order valence-electron chi connectivity index (χ1n) is 6.37. The lowest BCUT2D eigenvalue weighted by Crippen LogP contribution is -2.33. The Bertz CT molecular complexity index is 678. The molecule has 0 saturated carbocycles. The third-order valence-electron chi connectivity index (χ3n) is 2.83. The molecule has 0 N–H and O–H groups in total. The zero-order chi connectivity index (χ0) is 17.0. The molecule has 1 fully saturated rings. The number of carbonyl (C=O) groups excluding carboxylic acids is 2. The number of ether oxygens (including phenoxy) is 1. The predicted octanol–water partition coefficient (Wildman–Crippen LogP) is 1.63. The van der Waals surface area contributed by atoms with Gasteiger partial charge in [-0.1, -0.05) is 42.2 Å². The lowest BCUT2D eigenvalue weighted by Gasteiger charge is -2.14. The molecule has 5 nitrogen and oxygen atoms in total. The molecule has 23 heavy (non-hydrogen) atoms. The Hall–Kier alpha value is -2.00. The Balaban J connectivity index is 2.22. The van der Waals surface area contributed by atoms with Gasteiger partial charge in [0.1, 0.15) is 10.1 Å². The summed E-state index contributed by atoms with van der Waals surface area (Å²) in [6, 6.07) is 6.02. The van der Waals surface area contributed by atoms with Crippen molar-refractivity contribution in [3.05, 3.63) is 34.7 Å². The van der Waals surface area contributed by atoms with Crippen molar-refractivity contribution in [1.29, 1.82) is 0 Å². The summed E-state index contributed by atoms with van der Waals surface area (Å²) in [5, 5.41) is 10.5. The molecule has 0 unspecified atom stereocenters. The molecule has 1 aromatic rings. The van der Waals surface area contributed by atoms with Gasteiger partial charge in [0.05, 0.1) is 4.91 Å². The molecule has 0 aromatic heterocycles. The summed E-state index contributed by atoms with van der Waals surface area (Å²) in [5.41, 5.74) is 0.299. The third-order valence-corrected chi connectivity index (χ3v) is 4.21. The van der Waals surface area contributed by atoms with Gasteiger partial charge in [-0.15, -0.1) is 0 Å².